The first-order valence-corrected chi connectivity index (χ1v) is 37.9. The summed E-state index contributed by atoms with van der Waals surface area (Å²) in [4.78, 5) is 13.2. The number of aliphatic hydroxyl groups is 5. The van der Waals surface area contributed by atoms with Gasteiger partial charge in [-0.15, -0.1) is 0 Å². The maximum absolute atomic E-state index is 13.2. The van der Waals surface area contributed by atoms with Crippen LogP contribution in [0.4, 0.5) is 0 Å². The zero-order valence-electron chi connectivity index (χ0n) is 56.2. The number of hydrogen-bond donors (Lipinski definition) is 6. The van der Waals surface area contributed by atoms with E-state index in [9.17, 15) is 30.3 Å². The average Bonchev–Trinajstić information content (AvgIpc) is 3.70. The minimum absolute atomic E-state index is 0.166. The van der Waals surface area contributed by atoms with Crippen LogP contribution >= 0.6 is 0 Å². The van der Waals surface area contributed by atoms with Crippen LogP contribution < -0.4 is 5.32 Å². The predicted molar refractivity (Wildman–Crippen MR) is 360 cm³/mol. The number of carbonyl (C=O) groups excluding carboxylic acids is 1. The summed E-state index contributed by atoms with van der Waals surface area (Å²) in [6.45, 7) is 3.85. The van der Waals surface area contributed by atoms with E-state index in [-0.39, 0.29) is 12.5 Å². The number of amides is 1. The van der Waals surface area contributed by atoms with Crippen LogP contribution in [-0.4, -0.2) is 87.5 Å². The first-order chi connectivity index (χ1) is 41.3. The summed E-state index contributed by atoms with van der Waals surface area (Å²) in [6.07, 6.45) is 77.8. The van der Waals surface area contributed by atoms with E-state index in [0.717, 1.165) is 38.5 Å². The number of aliphatic hydroxyl groups excluding tert-OH is 5. The molecule has 1 rings (SSSR count). The summed E-state index contributed by atoms with van der Waals surface area (Å²) < 4.78 is 11.3. The van der Waals surface area contributed by atoms with E-state index in [1.54, 1.807) is 6.08 Å². The van der Waals surface area contributed by atoms with Crippen LogP contribution in [0.25, 0.3) is 0 Å². The molecule has 1 saturated heterocycles. The average molecular weight is 1190 g/mol. The largest absolute Gasteiger partial charge is 0.394 e. The molecule has 1 amide bonds. The van der Waals surface area contributed by atoms with Gasteiger partial charge in [0.1, 0.15) is 24.4 Å². The highest BCUT2D eigenvalue weighted by Gasteiger charge is 2.44. The van der Waals surface area contributed by atoms with Gasteiger partial charge in [0.25, 0.3) is 0 Å². The van der Waals surface area contributed by atoms with Crippen molar-refractivity contribution in [2.45, 2.75) is 448 Å². The summed E-state index contributed by atoms with van der Waals surface area (Å²) in [6, 6.07) is -0.803. The molecule has 0 radical (unpaired) electrons. The molecule has 0 bridgehead atoms. The molecule has 0 aliphatic carbocycles. The maximum atomic E-state index is 13.2. The van der Waals surface area contributed by atoms with Crippen molar-refractivity contribution >= 4 is 5.91 Å². The molecule has 0 aromatic heterocycles. The van der Waals surface area contributed by atoms with Crippen LogP contribution in [0, 0.1) is 0 Å². The van der Waals surface area contributed by atoms with Gasteiger partial charge in [-0.25, -0.2) is 0 Å². The molecule has 500 valence electrons. The molecule has 7 unspecified atom stereocenters. The van der Waals surface area contributed by atoms with Crippen LogP contribution in [-0.2, 0) is 14.3 Å². The fourth-order valence-corrected chi connectivity index (χ4v) is 12.7. The summed E-state index contributed by atoms with van der Waals surface area (Å²) in [5.41, 5.74) is 0. The molecule has 84 heavy (non-hydrogen) atoms. The summed E-state index contributed by atoms with van der Waals surface area (Å²) >= 11 is 0. The molecular formula is C75H147NO8. The summed E-state index contributed by atoms with van der Waals surface area (Å²) in [7, 11) is 0. The minimum atomic E-state index is -1.57. The van der Waals surface area contributed by atoms with Gasteiger partial charge < -0.3 is 40.3 Å². The van der Waals surface area contributed by atoms with Gasteiger partial charge in [0.2, 0.25) is 5.91 Å². The molecular weight excluding hydrogens is 1040 g/mol. The first kappa shape index (κ1) is 80.9. The summed E-state index contributed by atoms with van der Waals surface area (Å²) in [5.74, 6) is -0.166. The SMILES string of the molecule is CCCCCCCCCCCCCCCCCCCCCCCCCCCCCCC/C=C/C(O)C(COC1OC(CO)C(O)C(O)C1O)NC(=O)CCCCCCCCCCCCCCCCCCCCCCCCCCCCCCCC. The van der Waals surface area contributed by atoms with Gasteiger partial charge in [-0.2, -0.15) is 0 Å². The number of rotatable bonds is 68. The number of carbonyl (C=O) groups is 1. The Bertz CT molecular complexity index is 1330. The number of nitrogens with one attached hydrogen (secondary N) is 1. The number of hydrogen-bond acceptors (Lipinski definition) is 8. The Morgan fingerprint density at radius 1 is 0.393 bits per heavy atom. The van der Waals surface area contributed by atoms with Crippen LogP contribution in [0.2, 0.25) is 0 Å². The predicted octanol–water partition coefficient (Wildman–Crippen LogP) is 21.0. The Morgan fingerprint density at radius 3 is 0.929 bits per heavy atom. The van der Waals surface area contributed by atoms with E-state index in [1.165, 1.54) is 347 Å². The third kappa shape index (κ3) is 52.8. The highest BCUT2D eigenvalue weighted by atomic mass is 16.7. The van der Waals surface area contributed by atoms with E-state index >= 15 is 0 Å². The minimum Gasteiger partial charge on any atom is -0.394 e. The van der Waals surface area contributed by atoms with Gasteiger partial charge in [0.15, 0.2) is 6.29 Å². The molecule has 9 nitrogen and oxygen atoms in total. The van der Waals surface area contributed by atoms with Crippen molar-refractivity contribution in [1.29, 1.82) is 0 Å². The number of unbranched alkanes of at least 4 members (excludes halogenated alkanes) is 58. The molecule has 9 heteroatoms. The lowest BCUT2D eigenvalue weighted by atomic mass is 9.99. The molecule has 1 aliphatic heterocycles. The van der Waals surface area contributed by atoms with Crippen molar-refractivity contribution in [3.05, 3.63) is 12.2 Å². The van der Waals surface area contributed by atoms with E-state index in [1.807, 2.05) is 6.08 Å². The maximum Gasteiger partial charge on any atom is 0.220 e. The first-order valence-electron chi connectivity index (χ1n) is 37.9. The van der Waals surface area contributed by atoms with Gasteiger partial charge in [0.05, 0.1) is 25.4 Å². The normalized spacial score (nSPS) is 18.1. The Labute approximate surface area is 522 Å². The zero-order valence-corrected chi connectivity index (χ0v) is 56.2. The molecule has 6 N–H and O–H groups in total. The molecule has 1 fully saturated rings. The van der Waals surface area contributed by atoms with E-state index < -0.39 is 49.5 Å². The second-order valence-corrected chi connectivity index (χ2v) is 26.8. The molecule has 7 atom stereocenters. The third-order valence-electron chi connectivity index (χ3n) is 18.6. The third-order valence-corrected chi connectivity index (χ3v) is 18.6. The fourth-order valence-electron chi connectivity index (χ4n) is 12.7. The zero-order chi connectivity index (χ0) is 60.7. The van der Waals surface area contributed by atoms with Crippen molar-refractivity contribution in [2.75, 3.05) is 13.2 Å². The molecule has 1 aliphatic rings. The van der Waals surface area contributed by atoms with Gasteiger partial charge in [-0.3, -0.25) is 4.79 Å². The second-order valence-electron chi connectivity index (χ2n) is 26.8. The smallest absolute Gasteiger partial charge is 0.220 e. The number of ether oxygens (including phenoxy) is 2. The van der Waals surface area contributed by atoms with Crippen LogP contribution in [0.1, 0.15) is 406 Å². The molecule has 0 aromatic carbocycles. The quantitative estimate of drug-likeness (QED) is 0.0261. The molecule has 0 saturated carbocycles. The van der Waals surface area contributed by atoms with Crippen LogP contribution in [0.3, 0.4) is 0 Å². The van der Waals surface area contributed by atoms with Crippen molar-refractivity contribution in [3.8, 4) is 0 Å². The van der Waals surface area contributed by atoms with E-state index in [2.05, 4.69) is 19.2 Å². The van der Waals surface area contributed by atoms with Crippen LogP contribution in [0.5, 0.6) is 0 Å². The number of allylic oxidation sites excluding steroid dienone is 1. The van der Waals surface area contributed by atoms with Gasteiger partial charge >= 0.3 is 0 Å². The van der Waals surface area contributed by atoms with Crippen molar-refractivity contribution in [2.24, 2.45) is 0 Å². The van der Waals surface area contributed by atoms with E-state index in [0.29, 0.717) is 6.42 Å². The van der Waals surface area contributed by atoms with Crippen molar-refractivity contribution in [1.82, 2.24) is 5.32 Å². The molecule has 0 aromatic rings. The second kappa shape index (κ2) is 64.9. The Morgan fingerprint density at radius 2 is 0.655 bits per heavy atom. The lowest BCUT2D eigenvalue weighted by molar-refractivity contribution is -0.302. The van der Waals surface area contributed by atoms with Crippen molar-refractivity contribution in [3.63, 3.8) is 0 Å². The monoisotopic (exact) mass is 1190 g/mol. The lowest BCUT2D eigenvalue weighted by Gasteiger charge is -2.40. The Balaban J connectivity index is 2.08. The Kier molecular flexibility index (Phi) is 62.5. The molecule has 1 heterocycles. The van der Waals surface area contributed by atoms with E-state index in [4.69, 9.17) is 9.47 Å². The Hall–Kier alpha value is -1.07. The van der Waals surface area contributed by atoms with Crippen molar-refractivity contribution < 1.29 is 39.8 Å². The molecule has 0 spiro atoms. The van der Waals surface area contributed by atoms with Crippen LogP contribution in [0.15, 0.2) is 12.2 Å². The van der Waals surface area contributed by atoms with Gasteiger partial charge in [-0.05, 0) is 19.3 Å². The van der Waals surface area contributed by atoms with Gasteiger partial charge in [-0.1, -0.05) is 392 Å². The summed E-state index contributed by atoms with van der Waals surface area (Å²) in [5, 5.41) is 54.9. The standard InChI is InChI=1S/C75H147NO8/c1-3-5-7-9-11-13-15-17-19-21-23-25-27-29-31-33-35-36-38-40-42-44-46-48-50-52-54-56-58-60-62-64-69(78)68(67-83-75-74(82)73(81)72(80)70(66-77)84-75)76-71(79)65-63-61-59-57-55-53-51-49-47-45-43-41-39-37-34-32-30-28-26-24-22-20-18-16-14-12-10-8-6-4-2/h62,64,68-70,72-75,77-78,80-82H,3-61,63,65-67H2,1-2H3,(H,76,79)/b64-62+. The lowest BCUT2D eigenvalue weighted by Crippen LogP contribution is -2.60. The highest BCUT2D eigenvalue weighted by Crippen LogP contribution is 2.24. The highest BCUT2D eigenvalue weighted by molar-refractivity contribution is 5.76. The fraction of sp³-hybridized carbons (Fsp3) is 0.960. The van der Waals surface area contributed by atoms with Gasteiger partial charge in [0, 0.05) is 6.42 Å². The topological polar surface area (TPSA) is 149 Å².